The van der Waals surface area contributed by atoms with Crippen LogP contribution in [0.4, 0.5) is 5.69 Å². The number of nitrogens with zero attached hydrogens (tertiary/aromatic N) is 1. The maximum atomic E-state index is 12.6. The molecule has 1 aromatic carbocycles. The van der Waals surface area contributed by atoms with E-state index in [0.717, 1.165) is 17.9 Å². The molecular formula is C16H26N2O2. The number of ether oxygens (including phenoxy) is 1. The minimum atomic E-state index is -0.161. The predicted octanol–water partition coefficient (Wildman–Crippen LogP) is 2.67. The highest BCUT2D eigenvalue weighted by Gasteiger charge is 2.26. The average molecular weight is 278 g/mol. The Labute approximate surface area is 121 Å². The molecule has 4 heteroatoms. The molecule has 4 nitrogen and oxygen atoms in total. The highest BCUT2D eigenvalue weighted by Crippen LogP contribution is 2.27. The van der Waals surface area contributed by atoms with Crippen LogP contribution >= 0.6 is 0 Å². The van der Waals surface area contributed by atoms with Crippen LogP contribution in [0.1, 0.15) is 27.2 Å². The Morgan fingerprint density at radius 3 is 2.55 bits per heavy atom. The number of amides is 1. The van der Waals surface area contributed by atoms with E-state index in [2.05, 4.69) is 20.8 Å². The van der Waals surface area contributed by atoms with Crippen molar-refractivity contribution in [1.29, 1.82) is 0 Å². The SMILES string of the molecule is COc1cccc(N(C)C(=O)C(CN)CC(C)(C)C)c1. The Hall–Kier alpha value is -1.55. The van der Waals surface area contributed by atoms with Crippen LogP contribution in [0.2, 0.25) is 0 Å². The summed E-state index contributed by atoms with van der Waals surface area (Å²) in [5, 5.41) is 0. The predicted molar refractivity (Wildman–Crippen MR) is 83.0 cm³/mol. The van der Waals surface area contributed by atoms with Crippen LogP contribution in [-0.2, 0) is 4.79 Å². The lowest BCUT2D eigenvalue weighted by atomic mass is 9.84. The van der Waals surface area contributed by atoms with Crippen molar-refractivity contribution in [3.8, 4) is 5.75 Å². The summed E-state index contributed by atoms with van der Waals surface area (Å²) in [4.78, 5) is 14.2. The van der Waals surface area contributed by atoms with Gasteiger partial charge in [-0.1, -0.05) is 26.8 Å². The molecule has 1 amide bonds. The van der Waals surface area contributed by atoms with E-state index >= 15 is 0 Å². The topological polar surface area (TPSA) is 55.6 Å². The highest BCUT2D eigenvalue weighted by molar-refractivity contribution is 5.94. The van der Waals surface area contributed by atoms with E-state index in [0.29, 0.717) is 6.54 Å². The number of rotatable bonds is 5. The fraction of sp³-hybridized carbons (Fsp3) is 0.562. The van der Waals surface area contributed by atoms with E-state index in [1.807, 2.05) is 24.3 Å². The Balaban J connectivity index is 2.88. The average Bonchev–Trinajstić information content (AvgIpc) is 2.42. The van der Waals surface area contributed by atoms with Gasteiger partial charge in [-0.25, -0.2) is 0 Å². The van der Waals surface area contributed by atoms with Gasteiger partial charge in [-0.2, -0.15) is 0 Å². The van der Waals surface area contributed by atoms with Gasteiger partial charge >= 0.3 is 0 Å². The van der Waals surface area contributed by atoms with Crippen molar-refractivity contribution in [2.45, 2.75) is 27.2 Å². The molecule has 1 aromatic rings. The number of benzene rings is 1. The van der Waals surface area contributed by atoms with Gasteiger partial charge in [0.05, 0.1) is 13.0 Å². The second-order valence-electron chi connectivity index (χ2n) is 6.30. The lowest BCUT2D eigenvalue weighted by Crippen LogP contribution is -2.38. The molecule has 1 rings (SSSR count). The molecule has 0 aliphatic carbocycles. The van der Waals surface area contributed by atoms with Crippen LogP contribution in [0.25, 0.3) is 0 Å². The van der Waals surface area contributed by atoms with E-state index in [-0.39, 0.29) is 17.2 Å². The molecule has 0 fully saturated rings. The van der Waals surface area contributed by atoms with E-state index in [9.17, 15) is 4.79 Å². The lowest BCUT2D eigenvalue weighted by molar-refractivity contribution is -0.122. The Bertz CT molecular complexity index is 452. The summed E-state index contributed by atoms with van der Waals surface area (Å²) in [6.07, 6.45) is 0.774. The molecule has 1 atom stereocenters. The zero-order valence-electron chi connectivity index (χ0n) is 13.1. The molecule has 0 saturated heterocycles. The molecule has 0 aromatic heterocycles. The third-order valence-corrected chi connectivity index (χ3v) is 3.26. The summed E-state index contributed by atoms with van der Waals surface area (Å²) >= 11 is 0. The van der Waals surface area contributed by atoms with E-state index in [1.54, 1.807) is 19.1 Å². The first-order valence-corrected chi connectivity index (χ1v) is 6.90. The second-order valence-corrected chi connectivity index (χ2v) is 6.30. The number of hydrogen-bond acceptors (Lipinski definition) is 3. The number of nitrogens with two attached hydrogens (primary N) is 1. The number of carbonyl (C=O) groups is 1. The number of carbonyl (C=O) groups excluding carboxylic acids is 1. The maximum absolute atomic E-state index is 12.6. The largest absolute Gasteiger partial charge is 0.497 e. The molecular weight excluding hydrogens is 252 g/mol. The molecule has 112 valence electrons. The third kappa shape index (κ3) is 4.53. The minimum absolute atomic E-state index is 0.0516. The molecule has 20 heavy (non-hydrogen) atoms. The van der Waals surface area contributed by atoms with Gasteiger partial charge in [-0.3, -0.25) is 4.79 Å². The quantitative estimate of drug-likeness (QED) is 0.901. The van der Waals surface area contributed by atoms with Crippen molar-refractivity contribution in [1.82, 2.24) is 0 Å². The van der Waals surface area contributed by atoms with Crippen LogP contribution < -0.4 is 15.4 Å². The maximum Gasteiger partial charge on any atom is 0.231 e. The van der Waals surface area contributed by atoms with Crippen LogP contribution in [0, 0.1) is 11.3 Å². The van der Waals surface area contributed by atoms with Gasteiger partial charge in [0.2, 0.25) is 5.91 Å². The molecule has 0 saturated carbocycles. The minimum Gasteiger partial charge on any atom is -0.497 e. The lowest BCUT2D eigenvalue weighted by Gasteiger charge is -2.28. The molecule has 0 spiro atoms. The van der Waals surface area contributed by atoms with Gasteiger partial charge in [0, 0.05) is 25.3 Å². The summed E-state index contributed by atoms with van der Waals surface area (Å²) in [5.74, 6) is 0.629. The van der Waals surface area contributed by atoms with Gasteiger partial charge in [0.1, 0.15) is 5.75 Å². The van der Waals surface area contributed by atoms with Crippen molar-refractivity contribution < 1.29 is 9.53 Å². The molecule has 0 radical (unpaired) electrons. The van der Waals surface area contributed by atoms with E-state index in [1.165, 1.54) is 0 Å². The Morgan fingerprint density at radius 1 is 1.40 bits per heavy atom. The van der Waals surface area contributed by atoms with Gasteiger partial charge in [0.15, 0.2) is 0 Å². The molecule has 0 heterocycles. The molecule has 0 aliphatic heterocycles. The number of anilines is 1. The van der Waals surface area contributed by atoms with Crippen LogP contribution in [0.15, 0.2) is 24.3 Å². The second kappa shape index (κ2) is 6.75. The Morgan fingerprint density at radius 2 is 2.05 bits per heavy atom. The summed E-state index contributed by atoms with van der Waals surface area (Å²) in [6, 6.07) is 7.48. The number of methoxy groups -OCH3 is 1. The highest BCUT2D eigenvalue weighted by atomic mass is 16.5. The summed E-state index contributed by atoms with van der Waals surface area (Å²) < 4.78 is 5.19. The fourth-order valence-corrected chi connectivity index (χ4v) is 2.23. The van der Waals surface area contributed by atoms with Crippen molar-refractivity contribution in [2.24, 2.45) is 17.1 Å². The normalized spacial score (nSPS) is 12.9. The van der Waals surface area contributed by atoms with Crippen molar-refractivity contribution in [3.05, 3.63) is 24.3 Å². The monoisotopic (exact) mass is 278 g/mol. The van der Waals surface area contributed by atoms with Crippen molar-refractivity contribution in [3.63, 3.8) is 0 Å². The number of hydrogen-bond donors (Lipinski definition) is 1. The first kappa shape index (κ1) is 16.5. The summed E-state index contributed by atoms with van der Waals surface area (Å²) in [5.41, 5.74) is 6.68. The standard InChI is InChI=1S/C16H26N2O2/c1-16(2,3)10-12(11-17)15(19)18(4)13-7-6-8-14(9-13)20-5/h6-9,12H,10-11,17H2,1-5H3. The van der Waals surface area contributed by atoms with Gasteiger partial charge in [-0.05, 0) is 24.0 Å². The zero-order chi connectivity index (χ0) is 15.3. The van der Waals surface area contributed by atoms with Crippen LogP contribution in [0.5, 0.6) is 5.75 Å². The molecule has 2 N–H and O–H groups in total. The van der Waals surface area contributed by atoms with E-state index < -0.39 is 0 Å². The molecule has 0 bridgehead atoms. The van der Waals surface area contributed by atoms with Crippen molar-refractivity contribution >= 4 is 11.6 Å². The van der Waals surface area contributed by atoms with E-state index in [4.69, 9.17) is 10.5 Å². The van der Waals surface area contributed by atoms with Crippen LogP contribution in [-0.4, -0.2) is 26.6 Å². The van der Waals surface area contributed by atoms with Gasteiger partial charge in [0.25, 0.3) is 0 Å². The van der Waals surface area contributed by atoms with Crippen molar-refractivity contribution in [2.75, 3.05) is 25.6 Å². The molecule has 1 unspecified atom stereocenters. The zero-order valence-corrected chi connectivity index (χ0v) is 13.1. The first-order chi connectivity index (χ1) is 9.28. The third-order valence-electron chi connectivity index (χ3n) is 3.26. The fourth-order valence-electron chi connectivity index (χ4n) is 2.23. The van der Waals surface area contributed by atoms with Crippen LogP contribution in [0.3, 0.4) is 0 Å². The van der Waals surface area contributed by atoms with Gasteiger partial charge < -0.3 is 15.4 Å². The first-order valence-electron chi connectivity index (χ1n) is 6.90. The molecule has 0 aliphatic rings. The summed E-state index contributed by atoms with van der Waals surface area (Å²) in [6.45, 7) is 6.72. The Kier molecular flexibility index (Phi) is 5.57. The summed E-state index contributed by atoms with van der Waals surface area (Å²) in [7, 11) is 3.39. The van der Waals surface area contributed by atoms with Gasteiger partial charge in [-0.15, -0.1) is 0 Å². The smallest absolute Gasteiger partial charge is 0.231 e.